The van der Waals surface area contributed by atoms with Crippen molar-refractivity contribution in [3.8, 4) is 0 Å². The maximum absolute atomic E-state index is 12.2. The smallest absolute Gasteiger partial charge is 0.263 e. The molecule has 0 spiro atoms. The Morgan fingerprint density at radius 1 is 1.24 bits per heavy atom. The summed E-state index contributed by atoms with van der Waals surface area (Å²) in [5.41, 5.74) is 1.35. The van der Waals surface area contributed by atoms with Gasteiger partial charge in [0.2, 0.25) is 0 Å². The summed E-state index contributed by atoms with van der Waals surface area (Å²) in [6.07, 6.45) is 6.21. The first kappa shape index (κ1) is 34.6. The Hall–Kier alpha value is -1.46. The van der Waals surface area contributed by atoms with Crippen LogP contribution in [0, 0.1) is 11.8 Å². The summed E-state index contributed by atoms with van der Waals surface area (Å²) < 4.78 is 5.27. The predicted molar refractivity (Wildman–Crippen MR) is 163 cm³/mol. The van der Waals surface area contributed by atoms with Gasteiger partial charge in [-0.1, -0.05) is 37.6 Å². The average Bonchev–Trinajstić information content (AvgIpc) is 2.92. The number of carbonyl (C=O) groups is 1. The van der Waals surface area contributed by atoms with Crippen LogP contribution >= 0.6 is 12.6 Å². The number of carbonyl (C=O) groups excluding carboxylic acids is 1. The molecule has 0 bridgehead atoms. The van der Waals surface area contributed by atoms with E-state index in [9.17, 15) is 4.79 Å². The van der Waals surface area contributed by atoms with E-state index >= 15 is 0 Å². The minimum Gasteiger partial charge on any atom is -0.384 e. The Morgan fingerprint density at radius 2 is 1.92 bits per heavy atom. The molecule has 0 radical (unpaired) electrons. The van der Waals surface area contributed by atoms with Crippen LogP contribution in [-0.4, -0.2) is 125 Å². The molecular formula is C28H54N6O3S. The molecular weight excluding hydrogens is 500 g/mol. The van der Waals surface area contributed by atoms with Crippen molar-refractivity contribution in [1.82, 2.24) is 20.0 Å². The third kappa shape index (κ3) is 12.6. The van der Waals surface area contributed by atoms with Crippen molar-refractivity contribution in [2.75, 3.05) is 80.2 Å². The minimum atomic E-state index is -0.0455. The van der Waals surface area contributed by atoms with Crippen LogP contribution in [0.2, 0.25) is 0 Å². The van der Waals surface area contributed by atoms with Crippen LogP contribution in [0.4, 0.5) is 0 Å². The molecule has 1 N–H and O–H groups in total. The van der Waals surface area contributed by atoms with E-state index in [4.69, 9.17) is 9.57 Å². The molecule has 2 fully saturated rings. The maximum Gasteiger partial charge on any atom is 0.263 e. The number of likely N-dealkylation sites (N-methyl/N-ethyl adjacent to an activating group) is 1. The van der Waals surface area contributed by atoms with Gasteiger partial charge in [0.05, 0.1) is 12.6 Å². The van der Waals surface area contributed by atoms with Gasteiger partial charge in [-0.2, -0.15) is 12.6 Å². The molecule has 1 amide bonds. The Bertz CT molecular complexity index is 742. The number of hydrogen-bond donors (Lipinski definition) is 2. The number of ether oxygens (including phenoxy) is 1. The van der Waals surface area contributed by atoms with Gasteiger partial charge in [0.1, 0.15) is 0 Å². The molecule has 38 heavy (non-hydrogen) atoms. The highest BCUT2D eigenvalue weighted by Gasteiger charge is 2.25. The number of aliphatic imine (C=N–C) groups is 1. The fourth-order valence-corrected chi connectivity index (χ4v) is 5.27. The van der Waals surface area contributed by atoms with Gasteiger partial charge in [0.25, 0.3) is 5.91 Å². The molecule has 4 atom stereocenters. The normalized spacial score (nSPS) is 26.8. The number of thiol groups is 1. The number of nitrogens with one attached hydrogen (secondary N) is 1. The number of methoxy groups -OCH3 is 1. The third-order valence-corrected chi connectivity index (χ3v) is 8.12. The van der Waals surface area contributed by atoms with E-state index in [0.717, 1.165) is 45.1 Å². The van der Waals surface area contributed by atoms with E-state index in [1.807, 2.05) is 18.7 Å². The van der Waals surface area contributed by atoms with E-state index in [1.54, 1.807) is 14.2 Å². The molecule has 9 nitrogen and oxygen atoms in total. The number of piperazine rings is 1. The van der Waals surface area contributed by atoms with Crippen molar-refractivity contribution in [1.29, 1.82) is 0 Å². The second-order valence-electron chi connectivity index (χ2n) is 10.3. The molecule has 220 valence electrons. The van der Waals surface area contributed by atoms with Crippen LogP contribution in [-0.2, 0) is 14.4 Å². The van der Waals surface area contributed by atoms with Crippen LogP contribution in [0.1, 0.15) is 47.0 Å². The first-order chi connectivity index (χ1) is 18.3. The zero-order valence-electron chi connectivity index (χ0n) is 25.0. The third-order valence-electron chi connectivity index (χ3n) is 7.20. The first-order valence-electron chi connectivity index (χ1n) is 14.1. The first-order valence-corrected chi connectivity index (χ1v) is 14.7. The van der Waals surface area contributed by atoms with Crippen molar-refractivity contribution < 1.29 is 14.4 Å². The van der Waals surface area contributed by atoms with Gasteiger partial charge in [-0.05, 0) is 65.4 Å². The fraction of sp³-hybridized carbons (Fsp3) is 0.821. The summed E-state index contributed by atoms with van der Waals surface area (Å²) in [4.78, 5) is 27.8. The standard InChI is InChI=1S/C17H32N6O2.C9H16OS.C2H6/c1-18-11-16(19-2)20-25-14-17(24)23-9-7-22(8-10-23)13-15-5-4-6-21(3)12-15;1-6-4-8(10-3)5-7(2)9(6)11;1-2/h15,18H,2,4-14H2,1,3H3;4,7-9,11H,5H2,1-3H3;1-2H3/b20-16-;;. The average molecular weight is 555 g/mol. The Balaban J connectivity index is 0.000000463. The summed E-state index contributed by atoms with van der Waals surface area (Å²) >= 11 is 4.51. The quantitative estimate of drug-likeness (QED) is 0.158. The van der Waals surface area contributed by atoms with Gasteiger partial charge >= 0.3 is 0 Å². The second kappa shape index (κ2) is 19.6. The summed E-state index contributed by atoms with van der Waals surface area (Å²) in [5, 5.41) is 7.17. The second-order valence-corrected chi connectivity index (χ2v) is 10.8. The molecule has 0 saturated carbocycles. The molecule has 3 rings (SSSR count). The number of nitrogens with zero attached hydrogens (tertiary/aromatic N) is 5. The van der Waals surface area contributed by atoms with E-state index in [1.165, 1.54) is 31.5 Å². The van der Waals surface area contributed by atoms with Crippen LogP contribution in [0.15, 0.2) is 21.8 Å². The fourth-order valence-electron chi connectivity index (χ4n) is 5.06. The monoisotopic (exact) mass is 554 g/mol. The van der Waals surface area contributed by atoms with Gasteiger partial charge in [-0.3, -0.25) is 9.69 Å². The SMILES string of the molecule is C=N/C(CNC)=N\OCC(=O)N1CCN(CC2CCCN(C)C2)CC1.CC.COC1C=C(C)C(S)C(C)C1. The topological polar surface area (TPSA) is 82.0 Å². The Kier molecular flexibility index (Phi) is 17.8. The lowest BCUT2D eigenvalue weighted by molar-refractivity contribution is -0.138. The lowest BCUT2D eigenvalue weighted by atomic mass is 9.89. The number of amidine groups is 1. The molecule has 0 aromatic rings. The summed E-state index contributed by atoms with van der Waals surface area (Å²) in [6, 6.07) is 0. The highest BCUT2D eigenvalue weighted by molar-refractivity contribution is 7.81. The highest BCUT2D eigenvalue weighted by Crippen LogP contribution is 2.29. The molecule has 2 aliphatic heterocycles. The molecule has 2 saturated heterocycles. The number of likely N-dealkylation sites (tertiary alicyclic amines) is 1. The minimum absolute atomic E-state index is 0.0198. The van der Waals surface area contributed by atoms with E-state index in [2.05, 4.69) is 71.6 Å². The van der Waals surface area contributed by atoms with Crippen molar-refractivity contribution >= 4 is 31.1 Å². The largest absolute Gasteiger partial charge is 0.384 e. The van der Waals surface area contributed by atoms with E-state index in [-0.39, 0.29) is 12.5 Å². The van der Waals surface area contributed by atoms with Crippen LogP contribution in [0.25, 0.3) is 0 Å². The summed E-state index contributed by atoms with van der Waals surface area (Å²) in [5.74, 6) is 1.81. The molecule has 3 aliphatic rings. The van der Waals surface area contributed by atoms with Gasteiger partial charge < -0.3 is 24.7 Å². The molecule has 1 aliphatic carbocycles. The summed E-state index contributed by atoms with van der Waals surface area (Å²) in [7, 11) is 5.76. The van der Waals surface area contributed by atoms with Crippen molar-refractivity contribution in [2.45, 2.75) is 58.3 Å². The van der Waals surface area contributed by atoms with Gasteiger partial charge in [0.15, 0.2) is 12.4 Å². The lowest BCUT2D eigenvalue weighted by Gasteiger charge is -2.38. The van der Waals surface area contributed by atoms with Crippen LogP contribution in [0.3, 0.4) is 0 Å². The van der Waals surface area contributed by atoms with E-state index in [0.29, 0.717) is 29.7 Å². The molecule has 10 heteroatoms. The van der Waals surface area contributed by atoms with Crippen LogP contribution in [0.5, 0.6) is 0 Å². The predicted octanol–water partition coefficient (Wildman–Crippen LogP) is 3.03. The number of hydrogen-bond acceptors (Lipinski definition) is 8. The number of piperidine rings is 1. The van der Waals surface area contributed by atoms with E-state index < -0.39 is 0 Å². The lowest BCUT2D eigenvalue weighted by Crippen LogP contribution is -2.51. The zero-order chi connectivity index (χ0) is 28.5. The van der Waals surface area contributed by atoms with Gasteiger partial charge in [-0.15, -0.1) is 0 Å². The molecule has 4 unspecified atom stereocenters. The van der Waals surface area contributed by atoms with Crippen molar-refractivity contribution in [3.63, 3.8) is 0 Å². The highest BCUT2D eigenvalue weighted by atomic mass is 32.1. The Labute approximate surface area is 237 Å². The maximum atomic E-state index is 12.2. The van der Waals surface area contributed by atoms with Crippen molar-refractivity contribution in [3.05, 3.63) is 11.6 Å². The Morgan fingerprint density at radius 3 is 2.47 bits per heavy atom. The van der Waals surface area contributed by atoms with Gasteiger partial charge in [-0.25, -0.2) is 4.99 Å². The van der Waals surface area contributed by atoms with Crippen molar-refractivity contribution in [2.24, 2.45) is 22.0 Å². The zero-order valence-corrected chi connectivity index (χ0v) is 25.9. The number of oxime groups is 1. The van der Waals surface area contributed by atoms with Gasteiger partial charge in [0, 0.05) is 51.6 Å². The number of rotatable bonds is 8. The summed E-state index contributed by atoms with van der Waals surface area (Å²) in [6.45, 7) is 19.1. The van der Waals surface area contributed by atoms with Crippen LogP contribution < -0.4 is 5.32 Å². The molecule has 0 aromatic carbocycles. The number of amides is 1. The molecule has 0 aromatic heterocycles. The molecule has 2 heterocycles.